The Morgan fingerprint density at radius 2 is 1.15 bits per heavy atom. The van der Waals surface area contributed by atoms with E-state index in [1.807, 2.05) is 55.4 Å². The summed E-state index contributed by atoms with van der Waals surface area (Å²) < 4.78 is 0. The Hall–Kier alpha value is -2.16. The van der Waals surface area contributed by atoms with E-state index in [4.69, 9.17) is 5.73 Å². The van der Waals surface area contributed by atoms with Gasteiger partial charge < -0.3 is 26.8 Å². The van der Waals surface area contributed by atoms with Crippen LogP contribution >= 0.6 is 0 Å². The lowest BCUT2D eigenvalue weighted by molar-refractivity contribution is -0.143. The molecule has 9 nitrogen and oxygen atoms in total. The third kappa shape index (κ3) is 12.0. The van der Waals surface area contributed by atoms with Gasteiger partial charge in [-0.05, 0) is 42.9 Å². The molecule has 0 aromatic carbocycles. The number of carbonyl (C=O) groups excluding carboxylic acids is 3. The first-order chi connectivity index (χ1) is 15.2. The maximum Gasteiger partial charge on any atom is 0.326 e. The average Bonchev–Trinajstić information content (AvgIpc) is 2.68. The molecular weight excluding hydrogens is 424 g/mol. The van der Waals surface area contributed by atoms with Gasteiger partial charge in [0.15, 0.2) is 0 Å². The maximum absolute atomic E-state index is 13.2. The highest BCUT2D eigenvalue weighted by Crippen LogP contribution is 2.13. The summed E-state index contributed by atoms with van der Waals surface area (Å²) >= 11 is 0. The fourth-order valence-corrected chi connectivity index (χ4v) is 3.51. The second kappa shape index (κ2) is 14.9. The lowest BCUT2D eigenvalue weighted by atomic mass is 9.95. The highest BCUT2D eigenvalue weighted by Gasteiger charge is 2.33. The van der Waals surface area contributed by atoms with Gasteiger partial charge in [-0.3, -0.25) is 14.4 Å². The van der Waals surface area contributed by atoms with E-state index in [0.717, 1.165) is 0 Å². The molecule has 0 rings (SSSR count). The van der Waals surface area contributed by atoms with E-state index < -0.39 is 47.9 Å². The maximum atomic E-state index is 13.2. The number of amides is 3. The first-order valence-electron chi connectivity index (χ1n) is 12.1. The molecule has 0 aliphatic heterocycles. The van der Waals surface area contributed by atoms with Crippen LogP contribution in [0.5, 0.6) is 0 Å². The fraction of sp³-hybridized carbons (Fsp3) is 0.833. The minimum atomic E-state index is -1.12. The summed E-state index contributed by atoms with van der Waals surface area (Å²) in [5, 5.41) is 17.5. The van der Waals surface area contributed by atoms with Crippen molar-refractivity contribution in [3.8, 4) is 0 Å². The zero-order chi connectivity index (χ0) is 25.9. The Morgan fingerprint density at radius 3 is 1.58 bits per heavy atom. The monoisotopic (exact) mass is 470 g/mol. The molecule has 5 atom stereocenters. The molecule has 0 aliphatic carbocycles. The van der Waals surface area contributed by atoms with Crippen molar-refractivity contribution in [1.82, 2.24) is 16.0 Å². The summed E-state index contributed by atoms with van der Waals surface area (Å²) in [4.78, 5) is 50.2. The molecule has 6 N–H and O–H groups in total. The van der Waals surface area contributed by atoms with Gasteiger partial charge >= 0.3 is 5.97 Å². The van der Waals surface area contributed by atoms with Crippen molar-refractivity contribution in [2.75, 3.05) is 0 Å². The van der Waals surface area contributed by atoms with Gasteiger partial charge in [0.25, 0.3) is 0 Å². The predicted octanol–water partition coefficient (Wildman–Crippen LogP) is 2.04. The minimum absolute atomic E-state index is 0.0737. The number of carboxylic acid groups (broad SMARTS) is 1. The molecule has 0 heterocycles. The normalized spacial score (nSPS) is 16.1. The number of carbonyl (C=O) groups is 4. The van der Waals surface area contributed by atoms with Crippen LogP contribution in [0.1, 0.15) is 81.1 Å². The fourth-order valence-electron chi connectivity index (χ4n) is 3.51. The molecule has 0 aliphatic rings. The van der Waals surface area contributed by atoms with Gasteiger partial charge in [0, 0.05) is 0 Å². The van der Waals surface area contributed by atoms with Crippen molar-refractivity contribution in [2.24, 2.45) is 29.4 Å². The van der Waals surface area contributed by atoms with Crippen LogP contribution in [0.3, 0.4) is 0 Å². The summed E-state index contributed by atoms with van der Waals surface area (Å²) in [7, 11) is 0. The molecule has 0 spiro atoms. The van der Waals surface area contributed by atoms with Crippen LogP contribution < -0.4 is 21.7 Å². The summed E-state index contributed by atoms with van der Waals surface area (Å²) in [6.45, 7) is 15.3. The van der Waals surface area contributed by atoms with Gasteiger partial charge in [-0.1, -0.05) is 61.8 Å². The van der Waals surface area contributed by atoms with E-state index in [0.29, 0.717) is 19.3 Å². The molecule has 0 saturated heterocycles. The van der Waals surface area contributed by atoms with Gasteiger partial charge in [-0.25, -0.2) is 4.79 Å². The van der Waals surface area contributed by atoms with Crippen molar-refractivity contribution in [1.29, 1.82) is 0 Å². The summed E-state index contributed by atoms with van der Waals surface area (Å²) in [6.07, 6.45) is 1.74. The molecule has 0 aromatic heterocycles. The number of carboxylic acids is 1. The van der Waals surface area contributed by atoms with E-state index >= 15 is 0 Å². The SMILES string of the molecule is CCC(C)C(NC(=O)C(N)CC(C)C)C(=O)NC(CC(C)C)C(=O)NC(CC(C)C)C(=O)O. The highest BCUT2D eigenvalue weighted by molar-refractivity contribution is 5.94. The van der Waals surface area contributed by atoms with E-state index in [1.165, 1.54) is 0 Å². The number of nitrogens with one attached hydrogen (secondary N) is 3. The Bertz CT molecular complexity index is 651. The molecule has 0 radical (unpaired) electrons. The molecular formula is C24H46N4O5. The Balaban J connectivity index is 5.55. The van der Waals surface area contributed by atoms with Crippen LogP contribution in [0, 0.1) is 23.7 Å². The van der Waals surface area contributed by atoms with E-state index in [2.05, 4.69) is 16.0 Å². The number of nitrogens with two attached hydrogens (primary N) is 1. The van der Waals surface area contributed by atoms with E-state index in [9.17, 15) is 24.3 Å². The molecule has 0 saturated carbocycles. The van der Waals surface area contributed by atoms with Crippen molar-refractivity contribution in [2.45, 2.75) is 105 Å². The molecule has 0 bridgehead atoms. The van der Waals surface area contributed by atoms with Crippen LogP contribution in [0.25, 0.3) is 0 Å². The van der Waals surface area contributed by atoms with Crippen molar-refractivity contribution >= 4 is 23.7 Å². The molecule has 0 aromatic rings. The Kier molecular flexibility index (Phi) is 13.9. The highest BCUT2D eigenvalue weighted by atomic mass is 16.4. The number of hydrogen-bond donors (Lipinski definition) is 5. The zero-order valence-corrected chi connectivity index (χ0v) is 21.6. The lowest BCUT2D eigenvalue weighted by Crippen LogP contribution is -2.59. The third-order valence-corrected chi connectivity index (χ3v) is 5.52. The second-order valence-corrected chi connectivity index (χ2v) is 10.3. The first-order valence-corrected chi connectivity index (χ1v) is 12.1. The predicted molar refractivity (Wildman–Crippen MR) is 129 cm³/mol. The topological polar surface area (TPSA) is 151 Å². The quantitative estimate of drug-likeness (QED) is 0.247. The molecule has 33 heavy (non-hydrogen) atoms. The van der Waals surface area contributed by atoms with Crippen LogP contribution in [0.4, 0.5) is 0 Å². The van der Waals surface area contributed by atoms with Crippen molar-refractivity contribution in [3.63, 3.8) is 0 Å². The van der Waals surface area contributed by atoms with Crippen molar-refractivity contribution < 1.29 is 24.3 Å². The van der Waals surface area contributed by atoms with Gasteiger partial charge in [-0.2, -0.15) is 0 Å². The minimum Gasteiger partial charge on any atom is -0.480 e. The molecule has 192 valence electrons. The average molecular weight is 471 g/mol. The van der Waals surface area contributed by atoms with E-state index in [-0.39, 0.29) is 30.1 Å². The summed E-state index contributed by atoms with van der Waals surface area (Å²) in [6, 6.07) is -3.54. The van der Waals surface area contributed by atoms with Crippen LogP contribution in [0.2, 0.25) is 0 Å². The van der Waals surface area contributed by atoms with Gasteiger partial charge in [0.2, 0.25) is 17.7 Å². The number of rotatable bonds is 15. The molecule has 9 heteroatoms. The molecule has 3 amide bonds. The smallest absolute Gasteiger partial charge is 0.326 e. The summed E-state index contributed by atoms with van der Waals surface area (Å²) in [5.41, 5.74) is 5.98. The number of aliphatic carboxylic acids is 1. The zero-order valence-electron chi connectivity index (χ0n) is 21.6. The van der Waals surface area contributed by atoms with Gasteiger partial charge in [-0.15, -0.1) is 0 Å². The third-order valence-electron chi connectivity index (χ3n) is 5.52. The Morgan fingerprint density at radius 1 is 0.697 bits per heavy atom. The summed E-state index contributed by atoms with van der Waals surface area (Å²) in [5.74, 6) is -2.35. The van der Waals surface area contributed by atoms with Crippen LogP contribution in [-0.2, 0) is 19.2 Å². The Labute approximate surface area is 199 Å². The number of hydrogen-bond acceptors (Lipinski definition) is 5. The van der Waals surface area contributed by atoms with E-state index in [1.54, 1.807) is 0 Å². The molecule has 5 unspecified atom stereocenters. The standard InChI is InChI=1S/C24H46N4O5/c1-9-16(8)20(28-21(29)17(25)10-13(2)3)23(31)26-18(11-14(4)5)22(30)27-19(24(32)33)12-15(6)7/h13-20H,9-12,25H2,1-8H3,(H,26,31)(H,27,30)(H,28,29)(H,32,33). The van der Waals surface area contributed by atoms with Crippen LogP contribution in [-0.4, -0.2) is 53.0 Å². The van der Waals surface area contributed by atoms with Gasteiger partial charge in [0.1, 0.15) is 18.1 Å². The second-order valence-electron chi connectivity index (χ2n) is 10.3. The lowest BCUT2D eigenvalue weighted by Gasteiger charge is -2.29. The van der Waals surface area contributed by atoms with Gasteiger partial charge in [0.05, 0.1) is 6.04 Å². The first kappa shape index (κ1) is 30.8. The van der Waals surface area contributed by atoms with Crippen molar-refractivity contribution in [3.05, 3.63) is 0 Å². The molecule has 0 fully saturated rings. The van der Waals surface area contributed by atoms with Crippen LogP contribution in [0.15, 0.2) is 0 Å². The largest absolute Gasteiger partial charge is 0.480 e.